The van der Waals surface area contributed by atoms with E-state index >= 15 is 0 Å². The lowest BCUT2D eigenvalue weighted by atomic mass is 10.1. The van der Waals surface area contributed by atoms with Crippen LogP contribution in [0.5, 0.6) is 0 Å². The van der Waals surface area contributed by atoms with E-state index in [0.29, 0.717) is 12.0 Å². The maximum Gasteiger partial charge on any atom is 0.219 e. The average molecular weight is 442 g/mol. The molecule has 0 radical (unpaired) electrons. The van der Waals surface area contributed by atoms with Crippen molar-refractivity contribution >= 4 is 35.8 Å². The minimum atomic E-state index is 0. The molecule has 0 aromatic heterocycles. The predicted molar refractivity (Wildman–Crippen MR) is 108 cm³/mol. The molecule has 1 saturated heterocycles. The number of guanidine groups is 1. The molecule has 2 unspecified atom stereocenters. The fourth-order valence-electron chi connectivity index (χ4n) is 3.21. The number of nitrogens with zero attached hydrogens (tertiary/aromatic N) is 3. The summed E-state index contributed by atoms with van der Waals surface area (Å²) < 4.78 is 0. The molecule has 1 aliphatic heterocycles. The van der Waals surface area contributed by atoms with Crippen LogP contribution < -0.4 is 5.32 Å². The Morgan fingerprint density at radius 1 is 1.17 bits per heavy atom. The van der Waals surface area contributed by atoms with Gasteiger partial charge >= 0.3 is 0 Å². The monoisotopic (exact) mass is 442 g/mol. The number of aliphatic imine (C=N–C) groups is 1. The first-order valence-corrected chi connectivity index (χ1v) is 8.55. The van der Waals surface area contributed by atoms with Crippen LogP contribution in [-0.4, -0.2) is 60.4 Å². The zero-order chi connectivity index (χ0) is 16.2. The van der Waals surface area contributed by atoms with Gasteiger partial charge in [0.1, 0.15) is 0 Å². The van der Waals surface area contributed by atoms with Crippen LogP contribution in [-0.2, 0) is 4.79 Å². The van der Waals surface area contributed by atoms with Crippen LogP contribution in [0.2, 0.25) is 0 Å². The number of amides is 1. The van der Waals surface area contributed by atoms with E-state index in [4.69, 9.17) is 0 Å². The molecule has 24 heavy (non-hydrogen) atoms. The topological polar surface area (TPSA) is 47.9 Å². The van der Waals surface area contributed by atoms with Gasteiger partial charge in [0, 0.05) is 51.6 Å². The summed E-state index contributed by atoms with van der Waals surface area (Å²) in [5.74, 6) is 1.76. The molecule has 1 aromatic rings. The molecule has 5 nitrogen and oxygen atoms in total. The maximum atomic E-state index is 11.5. The third-order valence-corrected chi connectivity index (χ3v) is 4.67. The van der Waals surface area contributed by atoms with Crippen molar-refractivity contribution in [2.45, 2.75) is 32.2 Å². The summed E-state index contributed by atoms with van der Waals surface area (Å²) in [5, 5.41) is 3.63. The third kappa shape index (κ3) is 4.62. The molecule has 0 spiro atoms. The summed E-state index contributed by atoms with van der Waals surface area (Å²) in [6.07, 6.45) is 1.17. The summed E-state index contributed by atoms with van der Waals surface area (Å²) in [5.41, 5.74) is 1.40. The smallest absolute Gasteiger partial charge is 0.219 e. The molecule has 2 aliphatic rings. The van der Waals surface area contributed by atoms with Gasteiger partial charge in [0.2, 0.25) is 5.91 Å². The number of rotatable bonds is 3. The first-order chi connectivity index (χ1) is 11.2. The van der Waals surface area contributed by atoms with E-state index in [-0.39, 0.29) is 29.9 Å². The molecule has 132 valence electrons. The fraction of sp³-hybridized carbons (Fsp3) is 0.556. The Morgan fingerprint density at radius 2 is 1.79 bits per heavy atom. The van der Waals surface area contributed by atoms with Gasteiger partial charge in [-0.05, 0) is 18.9 Å². The molecule has 1 saturated carbocycles. The number of hydrogen-bond acceptors (Lipinski definition) is 2. The normalized spacial score (nSPS) is 23.5. The zero-order valence-electron chi connectivity index (χ0n) is 14.4. The van der Waals surface area contributed by atoms with Gasteiger partial charge in [0.05, 0.1) is 0 Å². The van der Waals surface area contributed by atoms with Crippen molar-refractivity contribution in [2.24, 2.45) is 4.99 Å². The molecule has 3 rings (SSSR count). The lowest BCUT2D eigenvalue weighted by Crippen LogP contribution is -2.53. The van der Waals surface area contributed by atoms with Crippen LogP contribution in [0, 0.1) is 0 Å². The number of benzene rings is 1. The number of carbonyl (C=O) groups excluding carboxylic acids is 1. The maximum absolute atomic E-state index is 11.5. The third-order valence-electron chi connectivity index (χ3n) is 4.67. The van der Waals surface area contributed by atoms with Crippen molar-refractivity contribution in [3.8, 4) is 0 Å². The highest BCUT2D eigenvalue weighted by molar-refractivity contribution is 14.0. The molecule has 0 bridgehead atoms. The molecule has 6 heteroatoms. The van der Waals surface area contributed by atoms with Crippen molar-refractivity contribution in [3.63, 3.8) is 0 Å². The van der Waals surface area contributed by atoms with Crippen molar-refractivity contribution in [2.75, 3.05) is 32.7 Å². The van der Waals surface area contributed by atoms with Crippen LogP contribution in [0.15, 0.2) is 35.3 Å². The summed E-state index contributed by atoms with van der Waals surface area (Å²) in [6, 6.07) is 11.2. The largest absolute Gasteiger partial charge is 0.353 e. The number of hydrogen-bond donors (Lipinski definition) is 1. The lowest BCUT2D eigenvalue weighted by molar-refractivity contribution is -0.130. The fourth-order valence-corrected chi connectivity index (χ4v) is 3.21. The summed E-state index contributed by atoms with van der Waals surface area (Å²) in [7, 11) is 0. The van der Waals surface area contributed by atoms with Crippen LogP contribution in [0.4, 0.5) is 0 Å². The standard InChI is InChI=1S/C18H26N4O.HI/c1-3-19-18(22-11-9-21(10-12-22)14(2)23)20-17-13-16(17)15-7-5-4-6-8-15;/h4-8,16-17H,3,9-13H2,1-2H3,(H,19,20);1H. The number of carbonyl (C=O) groups is 1. The number of nitrogens with one attached hydrogen (secondary N) is 1. The first-order valence-electron chi connectivity index (χ1n) is 8.55. The summed E-state index contributed by atoms with van der Waals surface area (Å²) >= 11 is 0. The minimum absolute atomic E-state index is 0. The van der Waals surface area contributed by atoms with Crippen LogP contribution in [0.1, 0.15) is 31.7 Å². The Hall–Kier alpha value is -1.31. The molecule has 1 heterocycles. The van der Waals surface area contributed by atoms with Crippen molar-refractivity contribution < 1.29 is 4.79 Å². The molecule has 2 fully saturated rings. The zero-order valence-corrected chi connectivity index (χ0v) is 16.8. The second-order valence-electron chi connectivity index (χ2n) is 6.29. The van der Waals surface area contributed by atoms with Crippen molar-refractivity contribution in [3.05, 3.63) is 35.9 Å². The second-order valence-corrected chi connectivity index (χ2v) is 6.29. The summed E-state index contributed by atoms with van der Waals surface area (Å²) in [4.78, 5) is 20.3. The quantitative estimate of drug-likeness (QED) is 0.444. The Bertz CT molecular complexity index is 570. The predicted octanol–water partition coefficient (Wildman–Crippen LogP) is 2.29. The first kappa shape index (κ1) is 19.0. The van der Waals surface area contributed by atoms with E-state index in [1.165, 1.54) is 12.0 Å². The van der Waals surface area contributed by atoms with E-state index in [2.05, 4.69) is 52.5 Å². The van der Waals surface area contributed by atoms with Crippen LogP contribution in [0.3, 0.4) is 0 Å². The van der Waals surface area contributed by atoms with Gasteiger partial charge in [0.15, 0.2) is 5.96 Å². The Morgan fingerprint density at radius 3 is 2.38 bits per heavy atom. The molecular formula is C18H27IN4O. The molecule has 1 amide bonds. The molecule has 1 N–H and O–H groups in total. The Labute approximate surface area is 161 Å². The van der Waals surface area contributed by atoms with E-state index < -0.39 is 0 Å². The molecule has 2 atom stereocenters. The van der Waals surface area contributed by atoms with Crippen LogP contribution >= 0.6 is 24.0 Å². The lowest BCUT2D eigenvalue weighted by Gasteiger charge is -2.36. The van der Waals surface area contributed by atoms with Gasteiger partial charge < -0.3 is 15.1 Å². The van der Waals surface area contributed by atoms with Crippen molar-refractivity contribution in [1.82, 2.24) is 15.1 Å². The molecular weight excluding hydrogens is 415 g/mol. The molecule has 1 aromatic carbocycles. The highest BCUT2D eigenvalue weighted by atomic mass is 127. The highest BCUT2D eigenvalue weighted by Crippen LogP contribution is 2.40. The SMILES string of the molecule is CCN=C(NC1CC1c1ccccc1)N1CCN(C(C)=O)CC1.I. The van der Waals surface area contributed by atoms with Gasteiger partial charge in [-0.25, -0.2) is 0 Å². The van der Waals surface area contributed by atoms with Gasteiger partial charge in [-0.3, -0.25) is 9.79 Å². The number of piperazine rings is 1. The second kappa shape index (κ2) is 8.69. The van der Waals surface area contributed by atoms with E-state index in [0.717, 1.165) is 38.7 Å². The van der Waals surface area contributed by atoms with Crippen LogP contribution in [0.25, 0.3) is 0 Å². The Balaban J connectivity index is 0.00000208. The highest BCUT2D eigenvalue weighted by Gasteiger charge is 2.39. The van der Waals surface area contributed by atoms with Gasteiger partial charge in [0.25, 0.3) is 0 Å². The summed E-state index contributed by atoms with van der Waals surface area (Å²) in [6.45, 7) is 7.76. The van der Waals surface area contributed by atoms with E-state index in [1.807, 2.05) is 4.90 Å². The van der Waals surface area contributed by atoms with E-state index in [9.17, 15) is 4.79 Å². The van der Waals surface area contributed by atoms with Gasteiger partial charge in [-0.15, -0.1) is 24.0 Å². The Kier molecular flexibility index (Phi) is 6.89. The van der Waals surface area contributed by atoms with E-state index in [1.54, 1.807) is 6.92 Å². The van der Waals surface area contributed by atoms with Crippen molar-refractivity contribution in [1.29, 1.82) is 0 Å². The number of halogens is 1. The van der Waals surface area contributed by atoms with Gasteiger partial charge in [-0.2, -0.15) is 0 Å². The minimum Gasteiger partial charge on any atom is -0.353 e. The average Bonchev–Trinajstić information content (AvgIpc) is 3.35. The van der Waals surface area contributed by atoms with Gasteiger partial charge in [-0.1, -0.05) is 30.3 Å². The molecule has 1 aliphatic carbocycles.